The van der Waals surface area contributed by atoms with Crippen LogP contribution in [0.1, 0.15) is 32.5 Å². The second-order valence-corrected chi connectivity index (χ2v) is 6.54. The fourth-order valence-electron chi connectivity index (χ4n) is 2.65. The molecule has 1 aliphatic rings. The van der Waals surface area contributed by atoms with Crippen LogP contribution in [0.2, 0.25) is 0 Å². The molecule has 0 fully saturated rings. The smallest absolute Gasteiger partial charge is 0.228 e. The first-order valence-corrected chi connectivity index (χ1v) is 7.57. The van der Waals surface area contributed by atoms with Crippen molar-refractivity contribution in [3.63, 3.8) is 0 Å². The Hall–Kier alpha value is -1.65. The van der Waals surface area contributed by atoms with E-state index in [1.54, 1.807) is 0 Å². The molecule has 0 saturated carbocycles. The summed E-state index contributed by atoms with van der Waals surface area (Å²) < 4.78 is 0. The molecule has 3 nitrogen and oxygen atoms in total. The van der Waals surface area contributed by atoms with Crippen molar-refractivity contribution in [1.29, 1.82) is 0 Å². The highest BCUT2D eigenvalue weighted by molar-refractivity contribution is 7.12. The van der Waals surface area contributed by atoms with Crippen LogP contribution < -0.4 is 10.6 Å². The summed E-state index contributed by atoms with van der Waals surface area (Å²) >= 11 is 1.83. The summed E-state index contributed by atoms with van der Waals surface area (Å²) in [6.45, 7) is 4.30. The van der Waals surface area contributed by atoms with E-state index in [1.807, 2.05) is 24.5 Å². The molecule has 1 aromatic heterocycles. The van der Waals surface area contributed by atoms with Crippen molar-refractivity contribution in [3.8, 4) is 0 Å². The molecule has 1 aliphatic heterocycles. The van der Waals surface area contributed by atoms with E-state index < -0.39 is 0 Å². The molecular formula is C16H18N2OS. The SMILES string of the molecule is CNC(c1ccc2c(c1)CC(=O)N2)c1cc(C)c(C)s1. The maximum absolute atomic E-state index is 11.4. The van der Waals surface area contributed by atoms with Crippen LogP contribution in [0.5, 0.6) is 0 Å². The van der Waals surface area contributed by atoms with Gasteiger partial charge in [-0.1, -0.05) is 12.1 Å². The van der Waals surface area contributed by atoms with Crippen LogP contribution >= 0.6 is 11.3 Å². The molecule has 1 amide bonds. The maximum atomic E-state index is 11.4. The molecule has 0 aliphatic carbocycles. The van der Waals surface area contributed by atoms with E-state index in [9.17, 15) is 4.79 Å². The van der Waals surface area contributed by atoms with Crippen LogP contribution in [0.15, 0.2) is 24.3 Å². The molecule has 104 valence electrons. The van der Waals surface area contributed by atoms with E-state index in [-0.39, 0.29) is 11.9 Å². The molecule has 2 heterocycles. The quantitative estimate of drug-likeness (QED) is 0.910. The van der Waals surface area contributed by atoms with Gasteiger partial charge in [-0.25, -0.2) is 0 Å². The number of carbonyl (C=O) groups excluding carboxylic acids is 1. The van der Waals surface area contributed by atoms with Gasteiger partial charge in [0.25, 0.3) is 0 Å². The number of nitrogens with one attached hydrogen (secondary N) is 2. The van der Waals surface area contributed by atoms with Crippen molar-refractivity contribution in [2.45, 2.75) is 26.3 Å². The van der Waals surface area contributed by atoms with Crippen molar-refractivity contribution in [2.75, 3.05) is 12.4 Å². The number of rotatable bonds is 3. The standard InChI is InChI=1S/C16H18N2OS/c1-9-6-14(20-10(9)2)16(17-3)11-4-5-13-12(7-11)8-15(19)18-13/h4-7,16-17H,8H2,1-3H3,(H,18,19). The minimum Gasteiger partial charge on any atom is -0.326 e. The molecule has 4 heteroatoms. The van der Waals surface area contributed by atoms with E-state index in [1.165, 1.54) is 20.9 Å². The molecule has 2 N–H and O–H groups in total. The molecule has 0 bridgehead atoms. The number of anilines is 1. The maximum Gasteiger partial charge on any atom is 0.228 e. The second kappa shape index (κ2) is 5.04. The molecule has 20 heavy (non-hydrogen) atoms. The highest BCUT2D eigenvalue weighted by Gasteiger charge is 2.21. The molecule has 1 atom stereocenters. The van der Waals surface area contributed by atoms with Gasteiger partial charge in [0.1, 0.15) is 0 Å². The van der Waals surface area contributed by atoms with Crippen molar-refractivity contribution < 1.29 is 4.79 Å². The minimum absolute atomic E-state index is 0.0842. The second-order valence-electron chi connectivity index (χ2n) is 5.25. The Balaban J connectivity index is 1.98. The van der Waals surface area contributed by atoms with E-state index in [0.29, 0.717) is 6.42 Å². The summed E-state index contributed by atoms with van der Waals surface area (Å²) in [7, 11) is 1.98. The fourth-order valence-corrected chi connectivity index (χ4v) is 3.83. The number of carbonyl (C=O) groups is 1. The van der Waals surface area contributed by atoms with Gasteiger partial charge in [0.2, 0.25) is 5.91 Å². The number of amides is 1. The third-order valence-corrected chi connectivity index (χ3v) is 5.06. The van der Waals surface area contributed by atoms with Gasteiger partial charge in [-0.05, 0) is 49.7 Å². The van der Waals surface area contributed by atoms with E-state index in [0.717, 1.165) is 11.3 Å². The van der Waals surface area contributed by atoms with Crippen molar-refractivity contribution in [2.24, 2.45) is 0 Å². The normalized spacial score (nSPS) is 15.1. The van der Waals surface area contributed by atoms with E-state index in [2.05, 4.69) is 42.7 Å². The highest BCUT2D eigenvalue weighted by atomic mass is 32.1. The number of hydrogen-bond donors (Lipinski definition) is 2. The van der Waals surface area contributed by atoms with Crippen LogP contribution in [0, 0.1) is 13.8 Å². The predicted molar refractivity (Wildman–Crippen MR) is 83.5 cm³/mol. The van der Waals surface area contributed by atoms with Gasteiger partial charge in [0, 0.05) is 15.4 Å². The first-order chi connectivity index (χ1) is 9.58. The zero-order valence-electron chi connectivity index (χ0n) is 11.9. The molecule has 0 saturated heterocycles. The molecule has 3 rings (SSSR count). The summed E-state index contributed by atoms with van der Waals surface area (Å²) in [5, 5.41) is 6.26. The van der Waals surface area contributed by atoms with Crippen LogP contribution in [-0.2, 0) is 11.2 Å². The number of benzene rings is 1. The molecular weight excluding hydrogens is 268 g/mol. The number of fused-ring (bicyclic) bond motifs is 1. The van der Waals surface area contributed by atoms with Crippen molar-refractivity contribution >= 4 is 22.9 Å². The molecule has 1 unspecified atom stereocenters. The first kappa shape index (κ1) is 13.3. The van der Waals surface area contributed by atoms with Crippen LogP contribution in [0.3, 0.4) is 0 Å². The number of aryl methyl sites for hydroxylation is 2. The number of hydrogen-bond acceptors (Lipinski definition) is 3. The third kappa shape index (κ3) is 2.25. The Morgan fingerprint density at radius 3 is 2.75 bits per heavy atom. The lowest BCUT2D eigenvalue weighted by Gasteiger charge is -2.16. The lowest BCUT2D eigenvalue weighted by Crippen LogP contribution is -2.16. The van der Waals surface area contributed by atoms with E-state index >= 15 is 0 Å². The minimum atomic E-state index is 0.0842. The highest BCUT2D eigenvalue weighted by Crippen LogP contribution is 2.33. The monoisotopic (exact) mass is 286 g/mol. The Morgan fingerprint density at radius 1 is 1.30 bits per heavy atom. The molecule has 2 aromatic rings. The van der Waals surface area contributed by atoms with E-state index in [4.69, 9.17) is 0 Å². The lowest BCUT2D eigenvalue weighted by molar-refractivity contribution is -0.115. The average Bonchev–Trinajstić information content (AvgIpc) is 2.93. The zero-order chi connectivity index (χ0) is 14.3. The van der Waals surface area contributed by atoms with Crippen LogP contribution in [0.25, 0.3) is 0 Å². The average molecular weight is 286 g/mol. The lowest BCUT2D eigenvalue weighted by atomic mass is 10.0. The summed E-state index contributed by atoms with van der Waals surface area (Å²) in [5.41, 5.74) is 4.59. The fraction of sp³-hybridized carbons (Fsp3) is 0.312. The summed E-state index contributed by atoms with van der Waals surface area (Å²) in [5.74, 6) is 0.0842. The van der Waals surface area contributed by atoms with Crippen LogP contribution in [0.4, 0.5) is 5.69 Å². The Labute approximate surface area is 123 Å². The Bertz CT molecular complexity index is 656. The summed E-state index contributed by atoms with van der Waals surface area (Å²) in [4.78, 5) is 14.1. The summed E-state index contributed by atoms with van der Waals surface area (Å²) in [6, 6.07) is 8.67. The van der Waals surface area contributed by atoms with Gasteiger partial charge in [0.05, 0.1) is 12.5 Å². The van der Waals surface area contributed by atoms with Crippen molar-refractivity contribution in [3.05, 3.63) is 50.7 Å². The zero-order valence-corrected chi connectivity index (χ0v) is 12.7. The first-order valence-electron chi connectivity index (χ1n) is 6.75. The third-order valence-electron chi connectivity index (χ3n) is 3.85. The van der Waals surface area contributed by atoms with Gasteiger partial charge < -0.3 is 10.6 Å². The Kier molecular flexibility index (Phi) is 3.36. The molecule has 1 aromatic carbocycles. The van der Waals surface area contributed by atoms with Crippen LogP contribution in [-0.4, -0.2) is 13.0 Å². The largest absolute Gasteiger partial charge is 0.326 e. The Morgan fingerprint density at radius 2 is 2.10 bits per heavy atom. The van der Waals surface area contributed by atoms with Gasteiger partial charge in [-0.2, -0.15) is 0 Å². The predicted octanol–water partition coefficient (Wildman–Crippen LogP) is 3.17. The molecule has 0 radical (unpaired) electrons. The van der Waals surface area contributed by atoms with Gasteiger partial charge in [-0.15, -0.1) is 11.3 Å². The topological polar surface area (TPSA) is 41.1 Å². The molecule has 0 spiro atoms. The van der Waals surface area contributed by atoms with Crippen molar-refractivity contribution in [1.82, 2.24) is 5.32 Å². The summed E-state index contributed by atoms with van der Waals surface area (Å²) in [6.07, 6.45) is 0.488. The number of thiophene rings is 1. The van der Waals surface area contributed by atoms with Gasteiger partial charge in [0.15, 0.2) is 0 Å². The van der Waals surface area contributed by atoms with Gasteiger partial charge in [-0.3, -0.25) is 4.79 Å². The van der Waals surface area contributed by atoms with Gasteiger partial charge >= 0.3 is 0 Å².